The third kappa shape index (κ3) is 15.1. The molecule has 22 nitrogen and oxygen atoms in total. The van der Waals surface area contributed by atoms with Gasteiger partial charge in [-0.05, 0) is 112 Å². The van der Waals surface area contributed by atoms with E-state index in [2.05, 4.69) is 10.3 Å². The summed E-state index contributed by atoms with van der Waals surface area (Å²) in [7, 11) is 5.25. The minimum absolute atomic E-state index is 0.00419. The number of anilines is 1. The minimum Gasteiger partial charge on any atom is -0.462 e. The van der Waals surface area contributed by atoms with E-state index in [1.807, 2.05) is 75.1 Å². The number of carbonyl (C=O) groups excluding carboxylic acids is 3. The molecule has 4 aliphatic heterocycles. The monoisotopic (exact) mass is 1090 g/mol. The number of methoxy groups -OCH3 is 1. The van der Waals surface area contributed by atoms with Crippen LogP contribution in [0.2, 0.25) is 0 Å². The Morgan fingerprint density at radius 3 is 2.26 bits per heavy atom. The van der Waals surface area contributed by atoms with E-state index in [4.69, 9.17) is 37.9 Å². The first-order valence-electron chi connectivity index (χ1n) is 27.4. The normalized spacial score (nSPS) is 39.2. The van der Waals surface area contributed by atoms with E-state index >= 15 is 0 Å². The second-order valence-corrected chi connectivity index (χ2v) is 23.2. The van der Waals surface area contributed by atoms with Gasteiger partial charge in [0.2, 0.25) is 0 Å². The summed E-state index contributed by atoms with van der Waals surface area (Å²) in [4.78, 5) is 43.7. The van der Waals surface area contributed by atoms with Crippen LogP contribution in [0.15, 0.2) is 30.5 Å². The predicted molar refractivity (Wildman–Crippen MR) is 281 cm³/mol. The topological polar surface area (TPSA) is 267 Å². The molecule has 4 fully saturated rings. The third-order valence-electron chi connectivity index (χ3n) is 16.6. The van der Waals surface area contributed by atoms with Crippen molar-refractivity contribution >= 4 is 23.7 Å². The van der Waals surface area contributed by atoms with Gasteiger partial charge in [-0.2, -0.15) is 0 Å². The number of hydrogen-bond donors (Lipinski definition) is 5. The Kier molecular flexibility index (Phi) is 21.1. The average Bonchev–Trinajstić information content (AvgIpc) is 4.01. The van der Waals surface area contributed by atoms with Crippen molar-refractivity contribution < 1.29 is 77.8 Å². The van der Waals surface area contributed by atoms with Gasteiger partial charge in [0.05, 0.1) is 53.8 Å². The summed E-state index contributed by atoms with van der Waals surface area (Å²) >= 11 is 0. The number of hydrogen-bond acceptors (Lipinski definition) is 20. The highest BCUT2D eigenvalue weighted by atomic mass is 16.7. The van der Waals surface area contributed by atoms with Crippen LogP contribution in [0.5, 0.6) is 0 Å². The Balaban J connectivity index is 1.18. The molecule has 0 radical (unpaired) electrons. The lowest BCUT2D eigenvalue weighted by Crippen LogP contribution is -2.61. The number of carbonyl (C=O) groups is 3. The summed E-state index contributed by atoms with van der Waals surface area (Å²) in [6.45, 7) is 20.6. The van der Waals surface area contributed by atoms with Gasteiger partial charge in [-0.3, -0.25) is 19.2 Å². The maximum Gasteiger partial charge on any atom is 0.414 e. The SMILES string of the molecule is CC[C@H]1OC(=O)[C@H](C)[C@@H](O[C@H]2C[C@@](C)(OC)[C@@H](O)[C@H](C)O2)[C@H](C)[C@@H](O[C@@H]2O[C@H](C)C[C@H](N(C)CCc3cn(CCc4ccc(N5C[C@H](COC(C)=O)OC5=O)cc4)nn3)[C@H]2O)[C@](C)(O)C[C@@H](C)CN(C)[C@H](C)[C@@H](O)[C@]1(C)O. The fourth-order valence-corrected chi connectivity index (χ4v) is 11.8. The first-order chi connectivity index (χ1) is 36.1. The van der Waals surface area contributed by atoms with Crippen LogP contribution in [0.1, 0.15) is 113 Å². The molecule has 5 N–H and O–H groups in total. The average molecular weight is 1090 g/mol. The molecule has 0 spiro atoms. The second-order valence-electron chi connectivity index (χ2n) is 23.2. The number of aromatic nitrogens is 3. The highest BCUT2D eigenvalue weighted by Gasteiger charge is 2.53. The van der Waals surface area contributed by atoms with Gasteiger partial charge < -0.3 is 73.2 Å². The van der Waals surface area contributed by atoms with Gasteiger partial charge in [0, 0.05) is 76.4 Å². The van der Waals surface area contributed by atoms with Crippen molar-refractivity contribution in [2.45, 2.75) is 218 Å². The van der Waals surface area contributed by atoms with Crippen LogP contribution in [-0.2, 0) is 66.9 Å². The number of cyclic esters (lactones) is 2. The largest absolute Gasteiger partial charge is 0.462 e. The van der Waals surface area contributed by atoms with Crippen molar-refractivity contribution in [2.75, 3.05) is 52.3 Å². The highest BCUT2D eigenvalue weighted by Crippen LogP contribution is 2.40. The van der Waals surface area contributed by atoms with Gasteiger partial charge in [-0.15, -0.1) is 5.10 Å². The summed E-state index contributed by atoms with van der Waals surface area (Å²) < 4.78 is 50.5. The van der Waals surface area contributed by atoms with Crippen molar-refractivity contribution in [3.8, 4) is 0 Å². The molecule has 1 aromatic carbocycles. The van der Waals surface area contributed by atoms with E-state index in [1.54, 1.807) is 46.2 Å². The maximum absolute atomic E-state index is 14.5. The second kappa shape index (κ2) is 26.1. The molecule has 4 saturated heterocycles. The first kappa shape index (κ1) is 62.3. The van der Waals surface area contributed by atoms with Crippen LogP contribution in [-0.4, -0.2) is 212 Å². The Hall–Kier alpha value is -3.91. The predicted octanol–water partition coefficient (Wildman–Crippen LogP) is 3.24. The van der Waals surface area contributed by atoms with Crippen molar-refractivity contribution in [1.82, 2.24) is 24.8 Å². The summed E-state index contributed by atoms with van der Waals surface area (Å²) in [5.41, 5.74) is -2.10. The molecule has 0 bridgehead atoms. The summed E-state index contributed by atoms with van der Waals surface area (Å²) in [5, 5.41) is 68.6. The lowest BCUT2D eigenvalue weighted by atomic mass is 9.77. The van der Waals surface area contributed by atoms with Crippen LogP contribution in [0.4, 0.5) is 10.5 Å². The molecule has 4 aliphatic rings. The van der Waals surface area contributed by atoms with Gasteiger partial charge in [0.15, 0.2) is 18.7 Å². The maximum atomic E-state index is 14.5. The van der Waals surface area contributed by atoms with E-state index in [9.17, 15) is 39.9 Å². The molecule has 19 atom stereocenters. The molecular weight excluding hydrogens is 1000 g/mol. The lowest BCUT2D eigenvalue weighted by molar-refractivity contribution is -0.318. The smallest absolute Gasteiger partial charge is 0.414 e. The van der Waals surface area contributed by atoms with E-state index in [0.29, 0.717) is 44.6 Å². The van der Waals surface area contributed by atoms with Crippen LogP contribution >= 0.6 is 0 Å². The number of nitrogens with zero attached hydrogens (tertiary/aromatic N) is 6. The molecule has 1 amide bonds. The van der Waals surface area contributed by atoms with E-state index in [0.717, 1.165) is 11.3 Å². The molecule has 22 heteroatoms. The van der Waals surface area contributed by atoms with Gasteiger partial charge in [-0.1, -0.05) is 38.1 Å². The molecule has 5 heterocycles. The zero-order valence-electron chi connectivity index (χ0n) is 47.8. The number of ether oxygens (including phenoxy) is 8. The van der Waals surface area contributed by atoms with Crippen molar-refractivity contribution in [2.24, 2.45) is 17.8 Å². The number of likely N-dealkylation sites (N-methyl/N-ethyl adjacent to an activating group) is 2. The molecule has 6 rings (SSSR count). The minimum atomic E-state index is -1.85. The van der Waals surface area contributed by atoms with Crippen molar-refractivity contribution in [1.29, 1.82) is 0 Å². The Labute approximate surface area is 454 Å². The summed E-state index contributed by atoms with van der Waals surface area (Å²) in [6, 6.07) is 6.57. The quantitative estimate of drug-likeness (QED) is 0.119. The molecule has 77 heavy (non-hydrogen) atoms. The zero-order valence-corrected chi connectivity index (χ0v) is 47.8. The number of esters is 2. The van der Waals surface area contributed by atoms with E-state index in [1.165, 1.54) is 25.9 Å². The fraction of sp³-hybridized carbons (Fsp3) is 0.800. The Morgan fingerprint density at radius 1 is 0.922 bits per heavy atom. The number of benzene rings is 1. The highest BCUT2D eigenvalue weighted by molar-refractivity contribution is 5.89. The molecule has 2 aromatic rings. The third-order valence-corrected chi connectivity index (χ3v) is 16.6. The van der Waals surface area contributed by atoms with Crippen LogP contribution in [0, 0.1) is 17.8 Å². The van der Waals surface area contributed by atoms with E-state index in [-0.39, 0.29) is 44.4 Å². The summed E-state index contributed by atoms with van der Waals surface area (Å²) in [6.07, 6.45) is -7.19. The molecule has 1 aromatic heterocycles. The fourth-order valence-electron chi connectivity index (χ4n) is 11.8. The molecule has 0 saturated carbocycles. The number of rotatable bonds is 16. The van der Waals surface area contributed by atoms with Gasteiger partial charge in [0.1, 0.15) is 36.6 Å². The van der Waals surface area contributed by atoms with E-state index < -0.39 is 120 Å². The van der Waals surface area contributed by atoms with Gasteiger partial charge in [0.25, 0.3) is 0 Å². The van der Waals surface area contributed by atoms with Gasteiger partial charge >= 0.3 is 18.0 Å². The number of aryl methyl sites for hydroxylation is 2. The van der Waals surface area contributed by atoms with Crippen LogP contribution < -0.4 is 4.90 Å². The zero-order chi connectivity index (χ0) is 56.9. The number of aliphatic hydroxyl groups excluding tert-OH is 3. The molecule has 0 aliphatic carbocycles. The standard InChI is InChI=1S/C55H90N6O16/c1-15-43-55(11,69)47(64)35(6)59(13)27-31(2)25-53(9,68)49(33(4)46(34(5)50(66)75-43)76-44-26-54(10,70-14)48(65)36(7)73-44)77-51-45(63)42(24-32(3)72-51)58(12)22-21-39-28-60(57-56-39)23-20-38-16-18-40(19-17-38)61-29-41(74-52(61)67)30-71-37(8)62/h16-19,28,31-36,41-49,51,63-65,68-69H,15,20-27,29-30H2,1-14H3/t31-,32-,33+,34-,35-,36+,41-,42+,43-,44+,45-,46+,47-,48+,49-,51+,53-,54-,55-/m1/s1. The van der Waals surface area contributed by atoms with Crippen molar-refractivity contribution in [3.05, 3.63) is 41.7 Å². The summed E-state index contributed by atoms with van der Waals surface area (Å²) in [5.74, 6) is -3.27. The number of aliphatic hydroxyl groups is 5. The number of amides is 1. The Morgan fingerprint density at radius 2 is 1.61 bits per heavy atom. The molecular formula is C55H90N6O16. The molecule has 0 unspecified atom stereocenters. The lowest BCUT2D eigenvalue weighted by Gasteiger charge is -2.49. The Bertz CT molecular complexity index is 2240. The van der Waals surface area contributed by atoms with Crippen LogP contribution in [0.3, 0.4) is 0 Å². The van der Waals surface area contributed by atoms with Crippen molar-refractivity contribution in [3.63, 3.8) is 0 Å². The van der Waals surface area contributed by atoms with Crippen LogP contribution in [0.25, 0.3) is 0 Å². The first-order valence-corrected chi connectivity index (χ1v) is 27.4. The van der Waals surface area contributed by atoms with Gasteiger partial charge in [-0.25, -0.2) is 4.79 Å². The molecule has 436 valence electrons.